The molecule has 0 radical (unpaired) electrons. The SMILES string of the molecule is Cc1cnc(C=C(Cl)Cl)cn1. The molecule has 1 aromatic heterocycles. The molecule has 0 atom stereocenters. The highest BCUT2D eigenvalue weighted by Gasteiger charge is 1.90. The molecule has 58 valence electrons. The fraction of sp³-hybridized carbons (Fsp3) is 0.143. The molecule has 1 aromatic rings. The Morgan fingerprint density at radius 1 is 1.36 bits per heavy atom. The van der Waals surface area contributed by atoms with Crippen LogP contribution in [0.4, 0.5) is 0 Å². The number of nitrogens with zero attached hydrogens (tertiary/aromatic N) is 2. The molecule has 0 aliphatic heterocycles. The number of halogens is 2. The Labute approximate surface area is 74.9 Å². The van der Waals surface area contributed by atoms with Crippen molar-refractivity contribution in [1.29, 1.82) is 0 Å². The smallest absolute Gasteiger partial charge is 0.109 e. The van der Waals surface area contributed by atoms with Crippen LogP contribution in [0.25, 0.3) is 6.08 Å². The number of rotatable bonds is 1. The Morgan fingerprint density at radius 2 is 2.09 bits per heavy atom. The van der Waals surface area contributed by atoms with Gasteiger partial charge in [0.05, 0.1) is 17.6 Å². The van der Waals surface area contributed by atoms with E-state index in [1.165, 1.54) is 6.08 Å². The van der Waals surface area contributed by atoms with Crippen LogP contribution in [-0.2, 0) is 0 Å². The van der Waals surface area contributed by atoms with E-state index in [1.807, 2.05) is 6.92 Å². The summed E-state index contributed by atoms with van der Waals surface area (Å²) in [6, 6.07) is 0. The lowest BCUT2D eigenvalue weighted by molar-refractivity contribution is 1.10. The first-order valence-corrected chi connectivity index (χ1v) is 3.75. The standard InChI is InChI=1S/C7H6Cl2N2/c1-5-3-11-6(4-10-5)2-7(8)9/h2-4H,1H3. The van der Waals surface area contributed by atoms with Gasteiger partial charge in [-0.1, -0.05) is 23.2 Å². The second-order valence-electron chi connectivity index (χ2n) is 2.02. The van der Waals surface area contributed by atoms with Gasteiger partial charge < -0.3 is 0 Å². The van der Waals surface area contributed by atoms with E-state index in [2.05, 4.69) is 9.97 Å². The van der Waals surface area contributed by atoms with Gasteiger partial charge in [-0.15, -0.1) is 0 Å². The molecular weight excluding hydrogens is 183 g/mol. The minimum absolute atomic E-state index is 0.183. The second-order valence-corrected chi connectivity index (χ2v) is 3.02. The number of aryl methyl sites for hydroxylation is 1. The van der Waals surface area contributed by atoms with Gasteiger partial charge in [0.1, 0.15) is 4.49 Å². The lowest BCUT2D eigenvalue weighted by Crippen LogP contribution is -1.85. The Bertz CT molecular complexity index is 262. The van der Waals surface area contributed by atoms with E-state index in [0.29, 0.717) is 5.69 Å². The third-order valence-corrected chi connectivity index (χ3v) is 1.28. The van der Waals surface area contributed by atoms with Crippen molar-refractivity contribution in [2.24, 2.45) is 0 Å². The Balaban J connectivity index is 2.91. The summed E-state index contributed by atoms with van der Waals surface area (Å²) >= 11 is 10.8. The predicted octanol–water partition coefficient (Wildman–Crippen LogP) is 2.56. The largest absolute Gasteiger partial charge is 0.258 e. The normalized spacial score (nSPS) is 9.36. The highest BCUT2D eigenvalue weighted by atomic mass is 35.5. The van der Waals surface area contributed by atoms with Crippen LogP contribution in [0.3, 0.4) is 0 Å². The first kappa shape index (κ1) is 8.50. The molecular formula is C7H6Cl2N2. The highest BCUT2D eigenvalue weighted by molar-refractivity contribution is 6.57. The third-order valence-electron chi connectivity index (χ3n) is 1.06. The lowest BCUT2D eigenvalue weighted by atomic mass is 10.4. The molecule has 2 nitrogen and oxygen atoms in total. The number of hydrogen-bond donors (Lipinski definition) is 0. The van der Waals surface area contributed by atoms with E-state index >= 15 is 0 Å². The van der Waals surface area contributed by atoms with Gasteiger partial charge in [0.2, 0.25) is 0 Å². The van der Waals surface area contributed by atoms with Crippen molar-refractivity contribution in [3.8, 4) is 0 Å². The van der Waals surface area contributed by atoms with Crippen LogP contribution in [-0.4, -0.2) is 9.97 Å². The lowest BCUT2D eigenvalue weighted by Gasteiger charge is -1.91. The molecule has 0 aromatic carbocycles. The zero-order valence-electron chi connectivity index (χ0n) is 5.88. The molecule has 0 bridgehead atoms. The molecule has 11 heavy (non-hydrogen) atoms. The molecule has 0 fully saturated rings. The van der Waals surface area contributed by atoms with Gasteiger partial charge in [-0.3, -0.25) is 9.97 Å². The van der Waals surface area contributed by atoms with Gasteiger partial charge in [-0.2, -0.15) is 0 Å². The highest BCUT2D eigenvalue weighted by Crippen LogP contribution is 2.10. The summed E-state index contributed by atoms with van der Waals surface area (Å²) in [5.41, 5.74) is 1.53. The summed E-state index contributed by atoms with van der Waals surface area (Å²) in [6.45, 7) is 1.86. The fourth-order valence-electron chi connectivity index (χ4n) is 0.589. The Kier molecular flexibility index (Phi) is 2.85. The van der Waals surface area contributed by atoms with Crippen LogP contribution in [0.15, 0.2) is 16.9 Å². The number of aromatic nitrogens is 2. The maximum absolute atomic E-state index is 5.41. The monoisotopic (exact) mass is 188 g/mol. The maximum Gasteiger partial charge on any atom is 0.109 e. The first-order chi connectivity index (χ1) is 5.18. The van der Waals surface area contributed by atoms with Gasteiger partial charge in [0, 0.05) is 6.20 Å². The average Bonchev–Trinajstić information content (AvgIpc) is 1.93. The summed E-state index contributed by atoms with van der Waals surface area (Å²) in [6.07, 6.45) is 4.80. The second kappa shape index (κ2) is 3.69. The molecule has 0 aliphatic rings. The zero-order valence-corrected chi connectivity index (χ0v) is 7.39. The molecule has 1 rings (SSSR count). The predicted molar refractivity (Wildman–Crippen MR) is 46.5 cm³/mol. The van der Waals surface area contributed by atoms with E-state index < -0.39 is 0 Å². The van der Waals surface area contributed by atoms with Crippen LogP contribution in [0.5, 0.6) is 0 Å². The van der Waals surface area contributed by atoms with Crippen molar-refractivity contribution in [3.63, 3.8) is 0 Å². The molecule has 0 spiro atoms. The van der Waals surface area contributed by atoms with Crippen molar-refractivity contribution >= 4 is 29.3 Å². The Morgan fingerprint density at radius 3 is 2.55 bits per heavy atom. The van der Waals surface area contributed by atoms with Gasteiger partial charge in [-0.05, 0) is 13.0 Å². The first-order valence-electron chi connectivity index (χ1n) is 3.00. The van der Waals surface area contributed by atoms with Crippen molar-refractivity contribution in [3.05, 3.63) is 28.3 Å². The van der Waals surface area contributed by atoms with Crippen LogP contribution < -0.4 is 0 Å². The van der Waals surface area contributed by atoms with Crippen LogP contribution in [0, 0.1) is 6.92 Å². The summed E-state index contributed by atoms with van der Waals surface area (Å²) in [5, 5.41) is 0. The zero-order chi connectivity index (χ0) is 8.27. The minimum Gasteiger partial charge on any atom is -0.258 e. The van der Waals surface area contributed by atoms with E-state index in [-0.39, 0.29) is 4.49 Å². The molecule has 0 N–H and O–H groups in total. The number of hydrogen-bond acceptors (Lipinski definition) is 2. The summed E-state index contributed by atoms with van der Waals surface area (Å²) in [5.74, 6) is 0. The molecule has 0 unspecified atom stereocenters. The summed E-state index contributed by atoms with van der Waals surface area (Å²) in [4.78, 5) is 8.02. The van der Waals surface area contributed by atoms with Crippen molar-refractivity contribution in [2.75, 3.05) is 0 Å². The van der Waals surface area contributed by atoms with E-state index in [0.717, 1.165) is 5.69 Å². The van der Waals surface area contributed by atoms with Crippen molar-refractivity contribution in [1.82, 2.24) is 9.97 Å². The maximum atomic E-state index is 5.41. The molecule has 0 saturated carbocycles. The van der Waals surface area contributed by atoms with E-state index in [4.69, 9.17) is 23.2 Å². The third kappa shape index (κ3) is 2.87. The van der Waals surface area contributed by atoms with Crippen molar-refractivity contribution in [2.45, 2.75) is 6.92 Å². The van der Waals surface area contributed by atoms with Gasteiger partial charge >= 0.3 is 0 Å². The van der Waals surface area contributed by atoms with Gasteiger partial charge in [0.25, 0.3) is 0 Å². The molecule has 0 amide bonds. The average molecular weight is 189 g/mol. The molecule has 4 heteroatoms. The molecule has 0 aliphatic carbocycles. The fourth-order valence-corrected chi connectivity index (χ4v) is 0.812. The van der Waals surface area contributed by atoms with Crippen LogP contribution in [0.1, 0.15) is 11.4 Å². The van der Waals surface area contributed by atoms with Crippen molar-refractivity contribution < 1.29 is 0 Å². The van der Waals surface area contributed by atoms with Crippen LogP contribution in [0.2, 0.25) is 0 Å². The topological polar surface area (TPSA) is 25.8 Å². The minimum atomic E-state index is 0.183. The van der Waals surface area contributed by atoms with Crippen LogP contribution >= 0.6 is 23.2 Å². The molecule has 1 heterocycles. The van der Waals surface area contributed by atoms with E-state index in [9.17, 15) is 0 Å². The Hall–Kier alpha value is -0.600. The molecule has 0 saturated heterocycles. The quantitative estimate of drug-likeness (QED) is 0.678. The summed E-state index contributed by atoms with van der Waals surface area (Å²) < 4.78 is 0.183. The summed E-state index contributed by atoms with van der Waals surface area (Å²) in [7, 11) is 0. The van der Waals surface area contributed by atoms with E-state index in [1.54, 1.807) is 12.4 Å². The van der Waals surface area contributed by atoms with Gasteiger partial charge in [-0.25, -0.2) is 0 Å². The van der Waals surface area contributed by atoms with Gasteiger partial charge in [0.15, 0.2) is 0 Å².